The summed E-state index contributed by atoms with van der Waals surface area (Å²) < 4.78 is 4.84. The van der Waals surface area contributed by atoms with E-state index in [0.717, 1.165) is 11.3 Å². The Morgan fingerprint density at radius 2 is 2.29 bits per heavy atom. The molecule has 4 N–H and O–H groups in total. The lowest BCUT2D eigenvalue weighted by molar-refractivity contribution is -0.256. The molecular formula is C14H15N5O8S. The van der Waals surface area contributed by atoms with Gasteiger partial charge < -0.3 is 25.7 Å². The van der Waals surface area contributed by atoms with Gasteiger partial charge >= 0.3 is 17.7 Å². The number of aliphatic carboxylic acids is 1. The summed E-state index contributed by atoms with van der Waals surface area (Å²) in [6, 6.07) is -1.24. The molecule has 0 aromatic carbocycles. The lowest BCUT2D eigenvalue weighted by Crippen LogP contribution is -2.57. The molecule has 150 valence electrons. The molecule has 2 fully saturated rings. The second-order valence-electron chi connectivity index (χ2n) is 5.71. The molecule has 2 aliphatic rings. The van der Waals surface area contributed by atoms with Crippen LogP contribution in [0, 0.1) is 0 Å². The van der Waals surface area contributed by atoms with Crippen LogP contribution in [0.2, 0.25) is 0 Å². The first-order valence-electron chi connectivity index (χ1n) is 7.84. The first-order valence-corrected chi connectivity index (χ1v) is 8.72. The number of carbonyl (C=O) groups is 4. The summed E-state index contributed by atoms with van der Waals surface area (Å²) in [7, 11) is 1.22. The highest BCUT2D eigenvalue weighted by atomic mass is 32.1. The van der Waals surface area contributed by atoms with E-state index in [-0.39, 0.29) is 36.0 Å². The van der Waals surface area contributed by atoms with Crippen molar-refractivity contribution in [2.75, 3.05) is 19.5 Å². The predicted molar refractivity (Wildman–Crippen MR) is 90.5 cm³/mol. The number of carboxylic acids is 1. The molecular weight excluding hydrogens is 398 g/mol. The molecule has 14 heteroatoms. The maximum absolute atomic E-state index is 12.6. The van der Waals surface area contributed by atoms with E-state index in [1.165, 1.54) is 12.5 Å². The van der Waals surface area contributed by atoms with Crippen molar-refractivity contribution >= 4 is 45.9 Å². The van der Waals surface area contributed by atoms with Crippen molar-refractivity contribution in [3.63, 3.8) is 0 Å². The van der Waals surface area contributed by atoms with Gasteiger partial charge in [-0.2, -0.15) is 5.06 Å². The number of carboxylic acid groups (broad SMARTS) is 1. The molecule has 0 bridgehead atoms. The Kier molecular flexibility index (Phi) is 5.15. The number of thiazole rings is 1. The van der Waals surface area contributed by atoms with Crippen LogP contribution in [0.1, 0.15) is 18.5 Å². The smallest absolute Gasteiger partial charge is 0.372 e. The number of anilines is 1. The number of nitrogen functional groups attached to an aromatic ring is 1. The van der Waals surface area contributed by atoms with Gasteiger partial charge in [0.05, 0.1) is 6.42 Å². The molecule has 2 saturated heterocycles. The number of aromatic nitrogens is 1. The Morgan fingerprint density at radius 1 is 1.54 bits per heavy atom. The van der Waals surface area contributed by atoms with Gasteiger partial charge in [-0.05, 0) is 0 Å². The molecule has 1 aromatic rings. The number of rotatable bonds is 6. The Morgan fingerprint density at radius 3 is 2.82 bits per heavy atom. The second-order valence-corrected chi connectivity index (χ2v) is 6.60. The number of nitrogens with zero attached hydrogens (tertiary/aromatic N) is 3. The number of nitrogens with one attached hydrogen (secondary N) is 1. The predicted octanol–water partition coefficient (Wildman–Crippen LogP) is -1.55. The van der Waals surface area contributed by atoms with Crippen molar-refractivity contribution in [3.05, 3.63) is 11.1 Å². The average Bonchev–Trinajstić information content (AvgIpc) is 3.33. The van der Waals surface area contributed by atoms with Gasteiger partial charge in [0.25, 0.3) is 11.8 Å². The molecule has 3 rings (SSSR count). The largest absolute Gasteiger partial charge is 0.477 e. The van der Waals surface area contributed by atoms with Crippen LogP contribution in [0.15, 0.2) is 10.5 Å². The van der Waals surface area contributed by atoms with Crippen molar-refractivity contribution in [1.82, 2.24) is 15.4 Å². The van der Waals surface area contributed by atoms with Crippen molar-refractivity contribution in [1.29, 1.82) is 0 Å². The topological polar surface area (TPSA) is 183 Å². The molecule has 0 radical (unpaired) electrons. The van der Waals surface area contributed by atoms with Gasteiger partial charge in [-0.15, -0.1) is 11.3 Å². The van der Waals surface area contributed by atoms with Crippen LogP contribution < -0.4 is 11.1 Å². The lowest BCUT2D eigenvalue weighted by atomic mass is 10.1. The van der Waals surface area contributed by atoms with E-state index in [1.807, 2.05) is 0 Å². The zero-order valence-corrected chi connectivity index (χ0v) is 15.2. The number of hydroxylamine groups is 2. The number of amides is 2. The minimum absolute atomic E-state index is 0.136. The van der Waals surface area contributed by atoms with Gasteiger partial charge in [0.1, 0.15) is 25.5 Å². The van der Waals surface area contributed by atoms with Gasteiger partial charge in [0, 0.05) is 11.8 Å². The Bertz CT molecular complexity index is 870. The number of nitrogens with two attached hydrogens (primary N) is 1. The normalized spacial score (nSPS) is 25.0. The Labute approximate surface area is 161 Å². The third kappa shape index (κ3) is 3.34. The molecule has 3 heterocycles. The Hall–Kier alpha value is -3.26. The first kappa shape index (κ1) is 19.5. The quantitative estimate of drug-likeness (QED) is 0.280. The monoisotopic (exact) mass is 413 g/mol. The van der Waals surface area contributed by atoms with Gasteiger partial charge in [0.2, 0.25) is 0 Å². The molecule has 0 spiro atoms. The third-order valence-corrected chi connectivity index (χ3v) is 4.62. The molecule has 1 aromatic heterocycles. The fourth-order valence-electron chi connectivity index (χ4n) is 2.67. The van der Waals surface area contributed by atoms with Crippen molar-refractivity contribution in [2.45, 2.75) is 24.6 Å². The summed E-state index contributed by atoms with van der Waals surface area (Å²) in [6.45, 7) is -0.364. The number of hydrogen-bond donors (Lipinski definition) is 3. The molecule has 0 saturated carbocycles. The highest BCUT2D eigenvalue weighted by molar-refractivity contribution is 7.13. The molecule has 0 aliphatic carbocycles. The molecule has 28 heavy (non-hydrogen) atoms. The number of ether oxygens (including phenoxy) is 1. The number of cyclic esters (lactones) is 1. The molecule has 2 aliphatic heterocycles. The average molecular weight is 413 g/mol. The fourth-order valence-corrected chi connectivity index (χ4v) is 3.22. The van der Waals surface area contributed by atoms with E-state index in [9.17, 15) is 24.3 Å². The second kappa shape index (κ2) is 7.40. The van der Waals surface area contributed by atoms with E-state index in [2.05, 4.69) is 20.3 Å². The number of hydrogen-bond acceptors (Lipinski definition) is 11. The highest BCUT2D eigenvalue weighted by Gasteiger charge is 2.59. The van der Waals surface area contributed by atoms with Crippen LogP contribution in [0.3, 0.4) is 0 Å². The molecule has 2 amide bonds. The highest BCUT2D eigenvalue weighted by Crippen LogP contribution is 2.34. The molecule has 13 nitrogen and oxygen atoms in total. The molecule has 1 unspecified atom stereocenters. The van der Waals surface area contributed by atoms with Gasteiger partial charge in [-0.3, -0.25) is 19.2 Å². The van der Waals surface area contributed by atoms with Crippen LogP contribution in [0.25, 0.3) is 0 Å². The van der Waals surface area contributed by atoms with Gasteiger partial charge in [0.15, 0.2) is 10.8 Å². The van der Waals surface area contributed by atoms with Crippen molar-refractivity contribution in [2.24, 2.45) is 5.16 Å². The van der Waals surface area contributed by atoms with Crippen molar-refractivity contribution in [3.8, 4) is 0 Å². The van der Waals surface area contributed by atoms with E-state index in [4.69, 9.17) is 15.3 Å². The van der Waals surface area contributed by atoms with Crippen molar-refractivity contribution < 1.29 is 38.7 Å². The zero-order chi connectivity index (χ0) is 20.5. The minimum Gasteiger partial charge on any atom is -0.477 e. The minimum atomic E-state index is -2.26. The van der Waals surface area contributed by atoms with Gasteiger partial charge in [-0.1, -0.05) is 5.16 Å². The van der Waals surface area contributed by atoms with Crippen LogP contribution in [-0.4, -0.2) is 70.1 Å². The maximum atomic E-state index is 12.6. The van der Waals surface area contributed by atoms with Crippen LogP contribution in [0.4, 0.5) is 5.13 Å². The van der Waals surface area contributed by atoms with Crippen LogP contribution >= 0.6 is 11.3 Å². The standard InChI is InChI=1S/C14H15N5O8S/c1-25-18-9(7-5-28-13(15)17-7)10(21)16-6-4-26-19(11(6)22)14(12(23)24)3-2-8(20)27-14/h5-6H,2-4H2,1H3,(H2,15,17)(H,16,21)(H,23,24)/b18-9+/t6-,14?/m0/s1. The van der Waals surface area contributed by atoms with E-state index < -0.39 is 35.5 Å². The summed E-state index contributed by atoms with van der Waals surface area (Å²) in [6.07, 6.45) is -0.464. The maximum Gasteiger partial charge on any atom is 0.372 e. The van der Waals surface area contributed by atoms with Gasteiger partial charge in [-0.25, -0.2) is 9.78 Å². The summed E-state index contributed by atoms with van der Waals surface area (Å²) in [5.41, 5.74) is 3.18. The third-order valence-electron chi connectivity index (χ3n) is 3.95. The fraction of sp³-hybridized carbons (Fsp3) is 0.429. The zero-order valence-electron chi connectivity index (χ0n) is 14.4. The van der Waals surface area contributed by atoms with E-state index >= 15 is 0 Å². The van der Waals surface area contributed by atoms with Crippen LogP contribution in [-0.2, 0) is 33.6 Å². The summed E-state index contributed by atoms with van der Waals surface area (Å²) in [4.78, 5) is 61.8. The number of carbonyl (C=O) groups excluding carboxylic acids is 3. The Balaban J connectivity index is 1.76. The SMILES string of the molecule is CO/N=C(/C(=O)N[C@H]1CON(C2(C(=O)O)CCC(=O)O2)C1=O)c1csc(N)n1. The number of oxime groups is 1. The summed E-state index contributed by atoms with van der Waals surface area (Å²) >= 11 is 1.08. The summed E-state index contributed by atoms with van der Waals surface area (Å²) in [5, 5.41) is 17.5. The lowest BCUT2D eigenvalue weighted by Gasteiger charge is -2.30. The first-order chi connectivity index (χ1) is 13.3. The number of esters is 1. The van der Waals surface area contributed by atoms with E-state index in [0.29, 0.717) is 5.06 Å². The molecule has 2 atom stereocenters. The van der Waals surface area contributed by atoms with E-state index in [1.54, 1.807) is 0 Å². The van der Waals surface area contributed by atoms with Crippen LogP contribution in [0.5, 0.6) is 0 Å². The summed E-state index contributed by atoms with van der Waals surface area (Å²) in [5.74, 6) is -4.04.